The second-order valence-corrected chi connectivity index (χ2v) is 7.48. The zero-order chi connectivity index (χ0) is 18.3. The maximum Gasteiger partial charge on any atom is 0.338 e. The van der Waals surface area contributed by atoms with Crippen molar-refractivity contribution in [2.75, 3.05) is 13.1 Å². The smallest absolute Gasteiger partial charge is 0.338 e. The van der Waals surface area contributed by atoms with E-state index in [-0.39, 0.29) is 22.9 Å². The number of esters is 1. The van der Waals surface area contributed by atoms with Crippen molar-refractivity contribution in [3.05, 3.63) is 29.8 Å². The van der Waals surface area contributed by atoms with Gasteiger partial charge in [-0.25, -0.2) is 17.9 Å². The maximum atomic E-state index is 12.0. The van der Waals surface area contributed by atoms with Crippen LogP contribution in [-0.4, -0.2) is 39.5 Å². The average molecular weight is 356 g/mol. The molecule has 8 heteroatoms. The van der Waals surface area contributed by atoms with Crippen LogP contribution in [-0.2, 0) is 19.6 Å². The zero-order valence-corrected chi connectivity index (χ0v) is 15.1. The predicted molar refractivity (Wildman–Crippen MR) is 90.0 cm³/mol. The molecular weight excluding hydrogens is 332 g/mol. The van der Waals surface area contributed by atoms with E-state index >= 15 is 0 Å². The Kier molecular flexibility index (Phi) is 7.37. The number of hydrogen-bond donors (Lipinski definition) is 2. The molecule has 1 aromatic rings. The highest BCUT2D eigenvalue weighted by Crippen LogP contribution is 2.12. The molecule has 24 heavy (non-hydrogen) atoms. The van der Waals surface area contributed by atoms with Gasteiger partial charge in [0.25, 0.3) is 5.91 Å². The van der Waals surface area contributed by atoms with Crippen LogP contribution in [0.25, 0.3) is 0 Å². The van der Waals surface area contributed by atoms with E-state index < -0.39 is 22.1 Å². The molecule has 0 aliphatic heterocycles. The number of carbonyl (C=O) groups is 2. The molecule has 0 unspecified atom stereocenters. The Hall–Kier alpha value is -1.93. The summed E-state index contributed by atoms with van der Waals surface area (Å²) in [6.45, 7) is 7.85. The van der Waals surface area contributed by atoms with Gasteiger partial charge in [-0.15, -0.1) is 0 Å². The summed E-state index contributed by atoms with van der Waals surface area (Å²) >= 11 is 0. The number of hydrogen-bond acceptors (Lipinski definition) is 5. The first-order valence-corrected chi connectivity index (χ1v) is 9.24. The van der Waals surface area contributed by atoms with Crippen LogP contribution in [0.2, 0.25) is 0 Å². The van der Waals surface area contributed by atoms with Crippen molar-refractivity contribution in [1.82, 2.24) is 10.0 Å². The van der Waals surface area contributed by atoms with Crippen LogP contribution in [0.4, 0.5) is 0 Å². The number of rotatable bonds is 8. The summed E-state index contributed by atoms with van der Waals surface area (Å²) in [5.74, 6) is -0.763. The van der Waals surface area contributed by atoms with Gasteiger partial charge in [-0.1, -0.05) is 20.8 Å². The van der Waals surface area contributed by atoms with E-state index in [2.05, 4.69) is 10.0 Å². The van der Waals surface area contributed by atoms with Crippen molar-refractivity contribution in [1.29, 1.82) is 0 Å². The van der Waals surface area contributed by atoms with Crippen molar-refractivity contribution in [3.63, 3.8) is 0 Å². The molecule has 0 heterocycles. The summed E-state index contributed by atoms with van der Waals surface area (Å²) in [6, 6.07) is 5.34. The Morgan fingerprint density at radius 1 is 1.12 bits per heavy atom. The summed E-state index contributed by atoms with van der Waals surface area (Å²) in [4.78, 5) is 23.9. The monoisotopic (exact) mass is 356 g/mol. The lowest BCUT2D eigenvalue weighted by atomic mass is 10.2. The van der Waals surface area contributed by atoms with Gasteiger partial charge in [0, 0.05) is 13.1 Å². The number of sulfonamides is 1. The number of carbonyl (C=O) groups excluding carboxylic acids is 2. The molecule has 0 fully saturated rings. The third kappa shape index (κ3) is 5.93. The van der Waals surface area contributed by atoms with Gasteiger partial charge in [-0.05, 0) is 37.1 Å². The summed E-state index contributed by atoms with van der Waals surface area (Å²) in [6.07, 6.45) is -0.929. The van der Waals surface area contributed by atoms with E-state index in [0.717, 1.165) is 0 Å². The molecule has 1 rings (SSSR count). The molecule has 1 atom stereocenters. The van der Waals surface area contributed by atoms with Gasteiger partial charge in [0.05, 0.1) is 10.5 Å². The minimum Gasteiger partial charge on any atom is -0.449 e. The molecule has 0 bridgehead atoms. The van der Waals surface area contributed by atoms with E-state index in [1.807, 2.05) is 13.8 Å². The van der Waals surface area contributed by atoms with E-state index in [4.69, 9.17) is 4.74 Å². The first kappa shape index (κ1) is 20.1. The average Bonchev–Trinajstić information content (AvgIpc) is 2.52. The molecular formula is C16H24N2O5S. The molecule has 0 spiro atoms. The first-order valence-electron chi connectivity index (χ1n) is 7.75. The van der Waals surface area contributed by atoms with Crippen molar-refractivity contribution in [3.8, 4) is 0 Å². The lowest BCUT2D eigenvalue weighted by Crippen LogP contribution is -2.37. The Morgan fingerprint density at radius 2 is 1.71 bits per heavy atom. The fourth-order valence-electron chi connectivity index (χ4n) is 1.77. The summed E-state index contributed by atoms with van der Waals surface area (Å²) in [5, 5.41) is 2.68. The van der Waals surface area contributed by atoms with Gasteiger partial charge in [0.1, 0.15) is 0 Å². The third-order valence-electron chi connectivity index (χ3n) is 3.07. The largest absolute Gasteiger partial charge is 0.449 e. The normalized spacial score (nSPS) is 12.7. The molecule has 0 saturated carbocycles. The van der Waals surface area contributed by atoms with Crippen LogP contribution in [0.15, 0.2) is 29.2 Å². The molecule has 134 valence electrons. The van der Waals surface area contributed by atoms with Crippen LogP contribution in [0.5, 0.6) is 0 Å². The SMILES string of the molecule is CCNS(=O)(=O)c1ccc(C(=O)O[C@@H](C)C(=O)NCC(C)C)cc1. The van der Waals surface area contributed by atoms with Crippen LogP contribution in [0.3, 0.4) is 0 Å². The Labute approximate surface area is 142 Å². The van der Waals surface area contributed by atoms with Crippen molar-refractivity contribution < 1.29 is 22.7 Å². The molecule has 1 amide bonds. The number of ether oxygens (including phenoxy) is 1. The van der Waals surface area contributed by atoms with Gasteiger partial charge >= 0.3 is 5.97 Å². The lowest BCUT2D eigenvalue weighted by molar-refractivity contribution is -0.129. The van der Waals surface area contributed by atoms with Crippen molar-refractivity contribution >= 4 is 21.9 Å². The van der Waals surface area contributed by atoms with E-state index in [1.54, 1.807) is 6.92 Å². The summed E-state index contributed by atoms with van der Waals surface area (Å²) in [5.41, 5.74) is 0.175. The fourth-order valence-corrected chi connectivity index (χ4v) is 2.82. The number of benzene rings is 1. The van der Waals surface area contributed by atoms with E-state index in [9.17, 15) is 18.0 Å². The molecule has 0 aromatic heterocycles. The van der Waals surface area contributed by atoms with Crippen molar-refractivity contribution in [2.24, 2.45) is 5.92 Å². The minimum atomic E-state index is -3.57. The van der Waals surface area contributed by atoms with E-state index in [1.165, 1.54) is 31.2 Å². The summed E-state index contributed by atoms with van der Waals surface area (Å²) < 4.78 is 31.1. The maximum absolute atomic E-state index is 12.0. The molecule has 0 saturated heterocycles. The van der Waals surface area contributed by atoms with Gasteiger partial charge in [-0.2, -0.15) is 0 Å². The highest BCUT2D eigenvalue weighted by molar-refractivity contribution is 7.89. The minimum absolute atomic E-state index is 0.0589. The molecule has 1 aromatic carbocycles. The Morgan fingerprint density at radius 3 is 2.21 bits per heavy atom. The Balaban J connectivity index is 2.70. The molecule has 0 aliphatic rings. The second-order valence-electron chi connectivity index (χ2n) is 5.71. The van der Waals surface area contributed by atoms with Crippen LogP contribution < -0.4 is 10.0 Å². The predicted octanol–water partition coefficient (Wildman–Crippen LogP) is 1.30. The highest BCUT2D eigenvalue weighted by Gasteiger charge is 2.20. The zero-order valence-electron chi connectivity index (χ0n) is 14.3. The Bertz CT molecular complexity index is 668. The first-order chi connectivity index (χ1) is 11.2. The van der Waals surface area contributed by atoms with Gasteiger partial charge in [0.2, 0.25) is 10.0 Å². The quantitative estimate of drug-likeness (QED) is 0.684. The number of amides is 1. The molecule has 0 aliphatic carbocycles. The second kappa shape index (κ2) is 8.79. The number of nitrogens with one attached hydrogen (secondary N) is 2. The fraction of sp³-hybridized carbons (Fsp3) is 0.500. The van der Waals surface area contributed by atoms with Gasteiger partial charge in [-0.3, -0.25) is 4.79 Å². The van der Waals surface area contributed by atoms with Crippen LogP contribution in [0.1, 0.15) is 38.1 Å². The topological polar surface area (TPSA) is 102 Å². The standard InChI is InChI=1S/C16H24N2O5S/c1-5-18-24(21,22)14-8-6-13(7-9-14)16(20)23-12(4)15(19)17-10-11(2)3/h6-9,11-12,18H,5,10H2,1-4H3,(H,17,19)/t12-/m0/s1. The lowest BCUT2D eigenvalue weighted by Gasteiger charge is -2.14. The van der Waals surface area contributed by atoms with E-state index in [0.29, 0.717) is 12.5 Å². The van der Waals surface area contributed by atoms with Gasteiger partial charge in [0.15, 0.2) is 6.10 Å². The van der Waals surface area contributed by atoms with Crippen LogP contribution >= 0.6 is 0 Å². The van der Waals surface area contributed by atoms with Crippen molar-refractivity contribution in [2.45, 2.75) is 38.7 Å². The molecule has 0 radical (unpaired) electrons. The highest BCUT2D eigenvalue weighted by atomic mass is 32.2. The third-order valence-corrected chi connectivity index (χ3v) is 4.63. The molecule has 2 N–H and O–H groups in total. The summed E-state index contributed by atoms with van der Waals surface area (Å²) in [7, 11) is -3.57. The van der Waals surface area contributed by atoms with Gasteiger partial charge < -0.3 is 10.1 Å². The van der Waals surface area contributed by atoms with Crippen LogP contribution in [0, 0.1) is 5.92 Å². The molecule has 7 nitrogen and oxygen atoms in total.